The number of nitrogens with one attached hydrogen (secondary N) is 1. The van der Waals surface area contributed by atoms with Crippen molar-refractivity contribution in [1.82, 2.24) is 9.97 Å². The predicted molar refractivity (Wildman–Crippen MR) is 56.7 cm³/mol. The molecule has 0 radical (unpaired) electrons. The maximum absolute atomic E-state index is 12.5. The molecule has 0 unspecified atom stereocenters. The fourth-order valence-electron chi connectivity index (χ4n) is 1.31. The summed E-state index contributed by atoms with van der Waals surface area (Å²) in [4.78, 5) is 6.67. The van der Waals surface area contributed by atoms with Gasteiger partial charge in [-0.2, -0.15) is 13.2 Å². The molecule has 0 spiro atoms. The average Bonchev–Trinajstić information content (AvgIpc) is 2.68. The highest BCUT2D eigenvalue weighted by Gasteiger charge is 2.31. The van der Waals surface area contributed by atoms with E-state index in [4.69, 9.17) is 0 Å². The first-order valence-corrected chi connectivity index (χ1v) is 5.13. The van der Waals surface area contributed by atoms with Crippen LogP contribution in [0.15, 0.2) is 35.1 Å². The summed E-state index contributed by atoms with van der Waals surface area (Å²) in [7, 11) is 0. The average molecular weight is 291 g/mol. The molecule has 0 fully saturated rings. The van der Waals surface area contributed by atoms with E-state index in [1.54, 1.807) is 12.3 Å². The summed E-state index contributed by atoms with van der Waals surface area (Å²) in [5.41, 5.74) is -0.306. The molecule has 2 aromatic rings. The van der Waals surface area contributed by atoms with Gasteiger partial charge in [-0.15, -0.1) is 0 Å². The van der Waals surface area contributed by atoms with Gasteiger partial charge in [0, 0.05) is 22.4 Å². The number of H-pyrrole nitrogens is 1. The van der Waals surface area contributed by atoms with Gasteiger partial charge in [-0.25, -0.2) is 4.98 Å². The van der Waals surface area contributed by atoms with Crippen LogP contribution in [0, 0.1) is 0 Å². The number of nitrogens with zero attached hydrogens (tertiary/aromatic N) is 1. The van der Waals surface area contributed by atoms with E-state index in [0.717, 1.165) is 12.1 Å². The van der Waals surface area contributed by atoms with E-state index in [0.29, 0.717) is 15.9 Å². The van der Waals surface area contributed by atoms with Crippen LogP contribution in [0.2, 0.25) is 0 Å². The minimum atomic E-state index is -4.36. The summed E-state index contributed by atoms with van der Waals surface area (Å²) in [5.74, 6) is 0.409. The molecule has 6 heteroatoms. The third-order valence-electron chi connectivity index (χ3n) is 2.00. The number of halogens is 4. The van der Waals surface area contributed by atoms with Crippen LogP contribution in [0.4, 0.5) is 13.2 Å². The van der Waals surface area contributed by atoms with Crippen LogP contribution < -0.4 is 0 Å². The van der Waals surface area contributed by atoms with Gasteiger partial charge in [0.2, 0.25) is 0 Å². The third kappa shape index (κ3) is 2.27. The second kappa shape index (κ2) is 3.93. The molecular formula is C10H6BrF3N2. The molecule has 1 aromatic carbocycles. The lowest BCUT2D eigenvalue weighted by Crippen LogP contribution is -2.05. The lowest BCUT2D eigenvalue weighted by atomic mass is 10.1. The molecule has 1 aromatic heterocycles. The van der Waals surface area contributed by atoms with E-state index in [-0.39, 0.29) is 0 Å². The van der Waals surface area contributed by atoms with Gasteiger partial charge in [0.25, 0.3) is 0 Å². The van der Waals surface area contributed by atoms with Crippen molar-refractivity contribution in [2.24, 2.45) is 0 Å². The Morgan fingerprint density at radius 1 is 1.19 bits per heavy atom. The standard InChI is InChI=1S/C10H6BrF3N2/c11-8-4-6(9-15-1-2-16-9)3-7(5-8)10(12,13)14/h1-5H,(H,15,16). The fourth-order valence-corrected chi connectivity index (χ4v) is 1.81. The first kappa shape index (κ1) is 11.2. The largest absolute Gasteiger partial charge is 0.416 e. The second-order valence-corrected chi connectivity index (χ2v) is 4.08. The number of rotatable bonds is 1. The van der Waals surface area contributed by atoms with Crippen molar-refractivity contribution in [2.75, 3.05) is 0 Å². The summed E-state index contributed by atoms with van der Waals surface area (Å²) >= 11 is 3.05. The Labute approximate surface area is 97.6 Å². The molecule has 0 aliphatic heterocycles. The Bertz CT molecular complexity index is 491. The molecule has 1 N–H and O–H groups in total. The Morgan fingerprint density at radius 2 is 1.94 bits per heavy atom. The molecule has 84 valence electrons. The Balaban J connectivity index is 2.53. The van der Waals surface area contributed by atoms with Gasteiger partial charge in [0.15, 0.2) is 0 Å². The number of hydrogen-bond donors (Lipinski definition) is 1. The zero-order valence-corrected chi connectivity index (χ0v) is 9.43. The van der Waals surface area contributed by atoms with Crippen LogP contribution in [-0.2, 0) is 6.18 Å². The van der Waals surface area contributed by atoms with Gasteiger partial charge in [-0.1, -0.05) is 15.9 Å². The zero-order valence-electron chi connectivity index (χ0n) is 7.85. The van der Waals surface area contributed by atoms with Crippen LogP contribution in [0.25, 0.3) is 11.4 Å². The quantitative estimate of drug-likeness (QED) is 0.849. The van der Waals surface area contributed by atoms with Crippen molar-refractivity contribution in [1.29, 1.82) is 0 Å². The van der Waals surface area contributed by atoms with Crippen LogP contribution in [0.3, 0.4) is 0 Å². The van der Waals surface area contributed by atoms with Crippen molar-refractivity contribution < 1.29 is 13.2 Å². The highest BCUT2D eigenvalue weighted by atomic mass is 79.9. The van der Waals surface area contributed by atoms with Gasteiger partial charge in [0.1, 0.15) is 5.82 Å². The molecule has 16 heavy (non-hydrogen) atoms. The van der Waals surface area contributed by atoms with Crippen molar-refractivity contribution in [3.63, 3.8) is 0 Å². The molecule has 0 atom stereocenters. The smallest absolute Gasteiger partial charge is 0.345 e. The maximum Gasteiger partial charge on any atom is 0.416 e. The molecular weight excluding hydrogens is 285 g/mol. The van der Waals surface area contributed by atoms with Crippen molar-refractivity contribution in [3.8, 4) is 11.4 Å². The third-order valence-corrected chi connectivity index (χ3v) is 2.45. The predicted octanol–water partition coefficient (Wildman–Crippen LogP) is 3.86. The van der Waals surface area contributed by atoms with Gasteiger partial charge in [0.05, 0.1) is 5.56 Å². The van der Waals surface area contributed by atoms with Crippen molar-refractivity contribution in [3.05, 3.63) is 40.6 Å². The number of imidazole rings is 1. The summed E-state index contributed by atoms with van der Waals surface area (Å²) < 4.78 is 38.0. The fraction of sp³-hybridized carbons (Fsp3) is 0.100. The maximum atomic E-state index is 12.5. The molecule has 1 heterocycles. The first-order chi connectivity index (χ1) is 7.47. The van der Waals surface area contributed by atoms with Crippen LogP contribution in [0.1, 0.15) is 5.56 Å². The van der Waals surface area contributed by atoms with Gasteiger partial charge < -0.3 is 4.98 Å². The van der Waals surface area contributed by atoms with Crippen molar-refractivity contribution >= 4 is 15.9 Å². The number of aromatic amines is 1. The van der Waals surface area contributed by atoms with E-state index in [2.05, 4.69) is 25.9 Å². The summed E-state index contributed by atoms with van der Waals surface area (Å²) in [5, 5.41) is 0. The topological polar surface area (TPSA) is 28.7 Å². The molecule has 0 aliphatic carbocycles. The lowest BCUT2D eigenvalue weighted by molar-refractivity contribution is -0.137. The molecule has 0 aliphatic rings. The molecule has 0 saturated heterocycles. The molecule has 0 saturated carbocycles. The normalized spacial score (nSPS) is 11.8. The monoisotopic (exact) mass is 290 g/mol. The minimum absolute atomic E-state index is 0.369. The summed E-state index contributed by atoms with van der Waals surface area (Å²) in [6.07, 6.45) is -1.31. The van der Waals surface area contributed by atoms with Crippen LogP contribution >= 0.6 is 15.9 Å². The number of benzene rings is 1. The Hall–Kier alpha value is -1.30. The number of hydrogen-bond acceptors (Lipinski definition) is 1. The summed E-state index contributed by atoms with van der Waals surface area (Å²) in [6.45, 7) is 0. The van der Waals surface area contributed by atoms with E-state index >= 15 is 0 Å². The van der Waals surface area contributed by atoms with Gasteiger partial charge in [-0.05, 0) is 18.2 Å². The molecule has 0 amide bonds. The van der Waals surface area contributed by atoms with Crippen molar-refractivity contribution in [2.45, 2.75) is 6.18 Å². The van der Waals surface area contributed by atoms with E-state index in [1.165, 1.54) is 6.20 Å². The molecule has 0 bridgehead atoms. The highest BCUT2D eigenvalue weighted by Crippen LogP contribution is 2.33. The van der Waals surface area contributed by atoms with Gasteiger partial charge >= 0.3 is 6.18 Å². The number of aromatic nitrogens is 2. The lowest BCUT2D eigenvalue weighted by Gasteiger charge is -2.08. The second-order valence-electron chi connectivity index (χ2n) is 3.16. The Morgan fingerprint density at radius 3 is 2.50 bits per heavy atom. The highest BCUT2D eigenvalue weighted by molar-refractivity contribution is 9.10. The number of alkyl halides is 3. The van der Waals surface area contributed by atoms with E-state index in [9.17, 15) is 13.2 Å². The van der Waals surface area contributed by atoms with Gasteiger partial charge in [-0.3, -0.25) is 0 Å². The summed E-state index contributed by atoms with van der Waals surface area (Å²) in [6, 6.07) is 3.67. The zero-order chi connectivity index (χ0) is 11.8. The van der Waals surface area contributed by atoms with Crippen LogP contribution in [-0.4, -0.2) is 9.97 Å². The Kier molecular flexibility index (Phi) is 2.75. The van der Waals surface area contributed by atoms with Crippen LogP contribution in [0.5, 0.6) is 0 Å². The van der Waals surface area contributed by atoms with E-state index in [1.807, 2.05) is 0 Å². The minimum Gasteiger partial charge on any atom is -0.345 e. The van der Waals surface area contributed by atoms with E-state index < -0.39 is 11.7 Å². The molecule has 2 nitrogen and oxygen atoms in total. The SMILES string of the molecule is FC(F)(F)c1cc(Br)cc(-c2ncc[nH]2)c1. The first-order valence-electron chi connectivity index (χ1n) is 4.34. The molecule has 2 rings (SSSR count).